The van der Waals surface area contributed by atoms with E-state index >= 15 is 0 Å². The van der Waals surface area contributed by atoms with Gasteiger partial charge in [0.25, 0.3) is 0 Å². The van der Waals surface area contributed by atoms with Gasteiger partial charge in [-0.05, 0) is 295 Å². The van der Waals surface area contributed by atoms with Gasteiger partial charge in [0, 0.05) is 0 Å². The molecule has 0 aliphatic carbocycles. The molecule has 1 aliphatic rings. The van der Waals surface area contributed by atoms with Crippen molar-refractivity contribution in [2.45, 2.75) is 328 Å². The van der Waals surface area contributed by atoms with E-state index in [9.17, 15) is 0 Å². The zero-order valence-electron chi connectivity index (χ0n) is 61.2. The SMILES string of the molecule is C=C1CCCC(=C)CCCC(=C)CCC(=C)CCCC(=C)CCCC(=C)CCCC(=C)CCO[C@@H](CC)COCCC(=C)CCCC(=C)CCCC(=C)CCCC(C)CCC(=C)CCCC(=C)CCCC(=C)CCCC(=C)CCO[C@@H](CC)COCCC(=C)CCC1. The summed E-state index contributed by atoms with van der Waals surface area (Å²) in [5.41, 5.74) is 20.0. The molecule has 1 saturated heterocycles. The van der Waals surface area contributed by atoms with Crippen molar-refractivity contribution in [1.82, 2.24) is 0 Å². The van der Waals surface area contributed by atoms with Crippen molar-refractivity contribution in [2.24, 2.45) is 5.92 Å². The largest absolute Gasteiger partial charge is 0.378 e. The maximum absolute atomic E-state index is 6.24. The highest BCUT2D eigenvalue weighted by atomic mass is 16.5. The van der Waals surface area contributed by atoms with Gasteiger partial charge < -0.3 is 18.9 Å². The standard InChI is InChI=1S/C88H146O4/c1-19-87-69-89-65-61-83(15)53-29-45-75(7)37-21-33-71(3)41-25-49-79(11)58-60-82(14)52-28-44-74(6)36-24-40-78(10)48-32-56-86(18)64-68-92-88(20-2)70-90-66-62-84(16)54-30-46-76(8)38-22-34-72(4)42-26-50-80(12)57-59-81(13)51-27-43-73(5)35-23-39-77(9)47-31-55-85(17)63-67-91-87/h80,87-88H,3-11,13-70H2,1-2,12H3/t80?,87-,88-/m0/s1. The number of hydrogen-bond acceptors (Lipinski definition) is 4. The molecular weight excluding hydrogens is 1120 g/mol. The molecule has 0 aromatic heterocycles. The van der Waals surface area contributed by atoms with Crippen LogP contribution in [-0.2, 0) is 18.9 Å². The summed E-state index contributed by atoms with van der Waals surface area (Å²) < 4.78 is 24.6. The van der Waals surface area contributed by atoms with Gasteiger partial charge in [0.2, 0.25) is 0 Å². The van der Waals surface area contributed by atoms with Crippen molar-refractivity contribution in [1.29, 1.82) is 0 Å². The second-order valence-corrected chi connectivity index (χ2v) is 28.6. The molecular formula is C88H146O4. The zero-order valence-corrected chi connectivity index (χ0v) is 61.2. The van der Waals surface area contributed by atoms with Crippen molar-refractivity contribution in [3.05, 3.63) is 182 Å². The summed E-state index contributed by atoms with van der Waals surface area (Å²) in [6, 6.07) is 0. The van der Waals surface area contributed by atoms with Crippen LogP contribution in [0.2, 0.25) is 0 Å². The van der Waals surface area contributed by atoms with Crippen LogP contribution >= 0.6 is 0 Å². The minimum absolute atomic E-state index is 0.113. The van der Waals surface area contributed by atoms with Gasteiger partial charge in [-0.2, -0.15) is 0 Å². The number of hydrogen-bond donors (Lipinski definition) is 0. The Morgan fingerprint density at radius 1 is 0.228 bits per heavy atom. The van der Waals surface area contributed by atoms with Crippen LogP contribution in [0.4, 0.5) is 0 Å². The second-order valence-electron chi connectivity index (χ2n) is 28.6. The molecule has 92 heavy (non-hydrogen) atoms. The van der Waals surface area contributed by atoms with Crippen molar-refractivity contribution < 1.29 is 18.9 Å². The van der Waals surface area contributed by atoms with E-state index in [1.165, 1.54) is 103 Å². The third-order valence-corrected chi connectivity index (χ3v) is 19.1. The Kier molecular flexibility index (Phi) is 53.5. The molecule has 522 valence electrons. The fourth-order valence-electron chi connectivity index (χ4n) is 12.2. The third kappa shape index (κ3) is 53.2. The highest BCUT2D eigenvalue weighted by Crippen LogP contribution is 2.28. The monoisotopic (exact) mass is 1270 g/mol. The van der Waals surface area contributed by atoms with Crippen molar-refractivity contribution in [3.8, 4) is 0 Å². The van der Waals surface area contributed by atoms with Gasteiger partial charge >= 0.3 is 0 Å². The minimum atomic E-state index is 0.113. The molecule has 1 rings (SSSR count). The van der Waals surface area contributed by atoms with E-state index in [-0.39, 0.29) is 12.2 Å². The Labute approximate surface area is 572 Å². The van der Waals surface area contributed by atoms with Gasteiger partial charge in [0.15, 0.2) is 0 Å². The van der Waals surface area contributed by atoms with Crippen LogP contribution in [0.1, 0.15) is 316 Å². The second kappa shape index (κ2) is 57.2. The summed E-state index contributed by atoms with van der Waals surface area (Å²) in [5.74, 6) is 0.719. The smallest absolute Gasteiger partial charge is 0.0806 e. The predicted octanol–water partition coefficient (Wildman–Crippen LogP) is 27.8. The Balaban J connectivity index is 2.52. The first-order chi connectivity index (χ1) is 44.2. The van der Waals surface area contributed by atoms with Crippen LogP contribution in [0.15, 0.2) is 182 Å². The maximum Gasteiger partial charge on any atom is 0.0806 e. The van der Waals surface area contributed by atoms with Crippen LogP contribution < -0.4 is 0 Å². The number of rotatable bonds is 2. The van der Waals surface area contributed by atoms with Crippen molar-refractivity contribution >= 4 is 0 Å². The molecule has 0 aromatic carbocycles. The van der Waals surface area contributed by atoms with E-state index in [0.29, 0.717) is 39.6 Å². The first-order valence-electron chi connectivity index (χ1n) is 37.6. The molecule has 0 saturated carbocycles. The van der Waals surface area contributed by atoms with Crippen LogP contribution in [0.5, 0.6) is 0 Å². The highest BCUT2D eigenvalue weighted by Gasteiger charge is 2.13. The van der Waals surface area contributed by atoms with E-state index < -0.39 is 0 Å². The van der Waals surface area contributed by atoms with Gasteiger partial charge in [-0.3, -0.25) is 0 Å². The lowest BCUT2D eigenvalue weighted by atomic mass is 9.92. The average molecular weight is 1270 g/mol. The summed E-state index contributed by atoms with van der Waals surface area (Å²) in [6.45, 7) is 76.9. The van der Waals surface area contributed by atoms with Gasteiger partial charge in [0.1, 0.15) is 0 Å². The van der Waals surface area contributed by atoms with Crippen LogP contribution in [-0.4, -0.2) is 51.8 Å². The molecule has 1 unspecified atom stereocenters. The van der Waals surface area contributed by atoms with Crippen molar-refractivity contribution in [3.63, 3.8) is 0 Å². The molecule has 0 radical (unpaired) electrons. The van der Waals surface area contributed by atoms with E-state index in [1.54, 1.807) is 0 Å². The van der Waals surface area contributed by atoms with E-state index in [0.717, 1.165) is 282 Å². The molecule has 0 bridgehead atoms. The molecule has 3 atom stereocenters. The maximum atomic E-state index is 6.24. The third-order valence-electron chi connectivity index (χ3n) is 19.1. The molecule has 0 N–H and O–H groups in total. The summed E-state index contributed by atoms with van der Waals surface area (Å²) >= 11 is 0. The average Bonchev–Trinajstić information content (AvgIpc) is 3.72. The fraction of sp³-hybridized carbons (Fsp3) is 0.659. The molecule has 0 spiro atoms. The molecule has 4 heteroatoms. The van der Waals surface area contributed by atoms with Crippen molar-refractivity contribution in [2.75, 3.05) is 39.6 Å². The lowest BCUT2D eigenvalue weighted by Crippen LogP contribution is -2.20. The van der Waals surface area contributed by atoms with Gasteiger partial charge in [-0.25, -0.2) is 0 Å². The number of allylic oxidation sites excluding steroid dienone is 11. The van der Waals surface area contributed by atoms with Gasteiger partial charge in [0.05, 0.1) is 51.8 Å². The molecule has 1 heterocycles. The molecule has 0 amide bonds. The molecule has 0 aromatic rings. The summed E-state index contributed by atoms with van der Waals surface area (Å²) in [7, 11) is 0. The Bertz CT molecular complexity index is 2220. The first-order valence-corrected chi connectivity index (χ1v) is 37.6. The summed E-state index contributed by atoms with van der Waals surface area (Å²) in [6.07, 6.45) is 49.8. The number of ether oxygens (including phenoxy) is 4. The Morgan fingerprint density at radius 3 is 0.641 bits per heavy atom. The van der Waals surface area contributed by atoms with Crippen LogP contribution in [0, 0.1) is 5.92 Å². The lowest BCUT2D eigenvalue weighted by Gasteiger charge is -2.17. The molecule has 1 aliphatic heterocycles. The normalized spacial score (nSPS) is 24.2. The van der Waals surface area contributed by atoms with Gasteiger partial charge in [-0.15, -0.1) is 0 Å². The lowest BCUT2D eigenvalue weighted by molar-refractivity contribution is -0.0164. The first kappa shape index (κ1) is 86.0. The topological polar surface area (TPSA) is 36.9 Å². The Hall–Kier alpha value is -4.06. The van der Waals surface area contributed by atoms with Gasteiger partial charge in [-0.1, -0.05) is 209 Å². The predicted molar refractivity (Wildman–Crippen MR) is 411 cm³/mol. The van der Waals surface area contributed by atoms with E-state index in [2.05, 4.69) is 119 Å². The minimum Gasteiger partial charge on any atom is -0.378 e. The van der Waals surface area contributed by atoms with E-state index in [4.69, 9.17) is 18.9 Å². The quantitative estimate of drug-likeness (QED) is 0.258. The summed E-state index contributed by atoms with van der Waals surface area (Å²) in [5, 5.41) is 0. The summed E-state index contributed by atoms with van der Waals surface area (Å²) in [4.78, 5) is 0. The Morgan fingerprint density at radius 2 is 0.413 bits per heavy atom. The molecule has 4 nitrogen and oxygen atoms in total. The van der Waals surface area contributed by atoms with E-state index in [1.807, 2.05) is 0 Å². The highest BCUT2D eigenvalue weighted by molar-refractivity contribution is 5.08. The zero-order chi connectivity index (χ0) is 68.0. The fourth-order valence-corrected chi connectivity index (χ4v) is 12.2. The van der Waals surface area contributed by atoms with Crippen LogP contribution in [0.25, 0.3) is 0 Å². The molecule has 1 fully saturated rings. The van der Waals surface area contributed by atoms with Crippen LogP contribution in [0.3, 0.4) is 0 Å².